The van der Waals surface area contributed by atoms with E-state index in [-0.39, 0.29) is 29.7 Å². The second kappa shape index (κ2) is 6.41. The molecule has 0 radical (unpaired) electrons. The Bertz CT molecular complexity index is 566. The molecule has 114 valence electrons. The van der Waals surface area contributed by atoms with Crippen LogP contribution >= 0.6 is 11.6 Å². The van der Waals surface area contributed by atoms with E-state index in [1.807, 2.05) is 0 Å². The third-order valence-corrected chi connectivity index (χ3v) is 3.77. The molecule has 2 rings (SSSR count). The molecular formula is C14H15ClFNO4. The Balaban J connectivity index is 2.26. The number of ether oxygens (including phenoxy) is 1. The van der Waals surface area contributed by atoms with Gasteiger partial charge in [-0.2, -0.15) is 0 Å². The molecule has 1 aliphatic heterocycles. The van der Waals surface area contributed by atoms with Gasteiger partial charge in [0.25, 0.3) is 5.91 Å². The van der Waals surface area contributed by atoms with Gasteiger partial charge >= 0.3 is 5.97 Å². The van der Waals surface area contributed by atoms with Crippen molar-refractivity contribution in [1.29, 1.82) is 0 Å². The third kappa shape index (κ3) is 3.51. The van der Waals surface area contributed by atoms with Crippen LogP contribution in [-0.2, 0) is 9.53 Å². The minimum absolute atomic E-state index is 0.158. The van der Waals surface area contributed by atoms with Crippen LogP contribution in [0, 0.1) is 5.82 Å². The van der Waals surface area contributed by atoms with E-state index in [4.69, 9.17) is 21.4 Å². The van der Waals surface area contributed by atoms with E-state index in [1.54, 1.807) is 0 Å². The van der Waals surface area contributed by atoms with Crippen molar-refractivity contribution in [2.75, 3.05) is 13.7 Å². The molecule has 0 spiro atoms. The van der Waals surface area contributed by atoms with Gasteiger partial charge in [0.15, 0.2) is 0 Å². The lowest BCUT2D eigenvalue weighted by atomic mass is 10.1. The number of aliphatic carboxylic acids is 1. The standard InChI is InChI=1S/C14H15ClFNO4/c1-21-10-5-9(6-13(18)19)17(7-10)14(20)11-4-8(15)2-3-12(11)16/h2-4,9-10H,5-7H2,1H3,(H,18,19). The Kier molecular flexibility index (Phi) is 4.80. The lowest BCUT2D eigenvalue weighted by Gasteiger charge is -2.23. The van der Waals surface area contributed by atoms with Crippen LogP contribution in [0.4, 0.5) is 4.39 Å². The quantitative estimate of drug-likeness (QED) is 0.925. The highest BCUT2D eigenvalue weighted by molar-refractivity contribution is 6.31. The number of carboxylic acids is 1. The van der Waals surface area contributed by atoms with Gasteiger partial charge in [-0.05, 0) is 24.6 Å². The van der Waals surface area contributed by atoms with Crippen molar-refractivity contribution in [2.45, 2.75) is 25.0 Å². The number of carbonyl (C=O) groups excluding carboxylic acids is 1. The van der Waals surface area contributed by atoms with Gasteiger partial charge in [0.05, 0.1) is 18.1 Å². The van der Waals surface area contributed by atoms with Gasteiger partial charge in [0.2, 0.25) is 0 Å². The van der Waals surface area contributed by atoms with Crippen molar-refractivity contribution >= 4 is 23.5 Å². The lowest BCUT2D eigenvalue weighted by Crippen LogP contribution is -2.37. The average molecular weight is 316 g/mol. The van der Waals surface area contributed by atoms with E-state index in [1.165, 1.54) is 24.1 Å². The van der Waals surface area contributed by atoms with Crippen LogP contribution < -0.4 is 0 Å². The third-order valence-electron chi connectivity index (χ3n) is 3.54. The van der Waals surface area contributed by atoms with Crippen LogP contribution in [0.15, 0.2) is 18.2 Å². The number of carbonyl (C=O) groups is 2. The first-order chi connectivity index (χ1) is 9.92. The van der Waals surface area contributed by atoms with Gasteiger partial charge in [-0.15, -0.1) is 0 Å². The van der Waals surface area contributed by atoms with E-state index in [2.05, 4.69) is 0 Å². The normalized spacial score (nSPS) is 21.6. The first kappa shape index (κ1) is 15.7. The fraction of sp³-hybridized carbons (Fsp3) is 0.429. The molecule has 0 aromatic heterocycles. The smallest absolute Gasteiger partial charge is 0.305 e. The highest BCUT2D eigenvalue weighted by Gasteiger charge is 2.37. The molecule has 1 aliphatic rings. The zero-order chi connectivity index (χ0) is 15.6. The zero-order valence-corrected chi connectivity index (χ0v) is 12.1. The zero-order valence-electron chi connectivity index (χ0n) is 11.4. The van der Waals surface area contributed by atoms with E-state index in [0.717, 1.165) is 6.07 Å². The molecule has 1 N–H and O–H groups in total. The van der Waals surface area contributed by atoms with Gasteiger partial charge < -0.3 is 14.7 Å². The maximum absolute atomic E-state index is 13.8. The van der Waals surface area contributed by atoms with E-state index >= 15 is 0 Å². The minimum Gasteiger partial charge on any atom is -0.481 e. The lowest BCUT2D eigenvalue weighted by molar-refractivity contribution is -0.137. The minimum atomic E-state index is -1.01. The molecule has 1 amide bonds. The number of nitrogens with zero attached hydrogens (tertiary/aromatic N) is 1. The summed E-state index contributed by atoms with van der Waals surface area (Å²) in [5, 5.41) is 9.17. The highest BCUT2D eigenvalue weighted by Crippen LogP contribution is 2.26. The van der Waals surface area contributed by atoms with Crippen molar-refractivity contribution in [3.63, 3.8) is 0 Å². The summed E-state index contributed by atoms with van der Waals surface area (Å²) in [4.78, 5) is 24.7. The molecule has 21 heavy (non-hydrogen) atoms. The number of hydrogen-bond acceptors (Lipinski definition) is 3. The molecule has 2 unspecified atom stereocenters. The Labute approximate surface area is 126 Å². The summed E-state index contributed by atoms with van der Waals surface area (Å²) >= 11 is 5.79. The first-order valence-corrected chi connectivity index (χ1v) is 6.80. The molecule has 1 fully saturated rings. The molecule has 0 saturated carbocycles. The molecule has 1 heterocycles. The fourth-order valence-corrected chi connectivity index (χ4v) is 2.68. The summed E-state index contributed by atoms with van der Waals surface area (Å²) in [5.74, 6) is -2.26. The van der Waals surface area contributed by atoms with Crippen molar-refractivity contribution < 1.29 is 23.8 Å². The summed E-state index contributed by atoms with van der Waals surface area (Å²) in [6.07, 6.45) is -0.0367. The van der Waals surface area contributed by atoms with Crippen LogP contribution in [0.3, 0.4) is 0 Å². The Morgan fingerprint density at radius 2 is 2.24 bits per heavy atom. The molecule has 0 aliphatic carbocycles. The van der Waals surface area contributed by atoms with Crippen LogP contribution in [0.5, 0.6) is 0 Å². The predicted octanol–water partition coefficient (Wildman–Crippen LogP) is 2.18. The number of halogens is 2. The van der Waals surface area contributed by atoms with Crippen LogP contribution in [0.1, 0.15) is 23.2 Å². The van der Waals surface area contributed by atoms with Gasteiger partial charge in [-0.3, -0.25) is 9.59 Å². The van der Waals surface area contributed by atoms with Crippen molar-refractivity contribution in [2.24, 2.45) is 0 Å². The number of methoxy groups -OCH3 is 1. The Morgan fingerprint density at radius 3 is 2.86 bits per heavy atom. The van der Waals surface area contributed by atoms with E-state index < -0.39 is 23.7 Å². The largest absolute Gasteiger partial charge is 0.481 e. The molecule has 2 atom stereocenters. The highest BCUT2D eigenvalue weighted by atomic mass is 35.5. The summed E-state index contributed by atoms with van der Waals surface area (Å²) in [5.41, 5.74) is -0.158. The van der Waals surface area contributed by atoms with Gasteiger partial charge in [0, 0.05) is 24.7 Å². The number of carboxylic acid groups (broad SMARTS) is 1. The molecule has 1 aromatic carbocycles. The molecular weight excluding hydrogens is 301 g/mol. The van der Waals surface area contributed by atoms with E-state index in [9.17, 15) is 14.0 Å². The number of hydrogen-bond donors (Lipinski definition) is 1. The number of likely N-dealkylation sites (tertiary alicyclic amines) is 1. The summed E-state index contributed by atoms with van der Waals surface area (Å²) in [6.45, 7) is 0.235. The summed E-state index contributed by atoms with van der Waals surface area (Å²) in [6, 6.07) is 3.20. The number of rotatable bonds is 4. The molecule has 1 saturated heterocycles. The average Bonchev–Trinajstić information content (AvgIpc) is 2.83. The topological polar surface area (TPSA) is 66.8 Å². The predicted molar refractivity (Wildman–Crippen MR) is 73.9 cm³/mol. The Morgan fingerprint density at radius 1 is 1.52 bits per heavy atom. The molecule has 7 heteroatoms. The monoisotopic (exact) mass is 315 g/mol. The van der Waals surface area contributed by atoms with Crippen LogP contribution in [0.2, 0.25) is 5.02 Å². The van der Waals surface area contributed by atoms with Crippen molar-refractivity contribution in [1.82, 2.24) is 4.90 Å². The first-order valence-electron chi connectivity index (χ1n) is 6.43. The SMILES string of the molecule is COC1CC(CC(=O)O)N(C(=O)c2cc(Cl)ccc2F)C1. The van der Waals surface area contributed by atoms with Crippen LogP contribution in [-0.4, -0.2) is 47.7 Å². The number of benzene rings is 1. The fourth-order valence-electron chi connectivity index (χ4n) is 2.50. The van der Waals surface area contributed by atoms with Gasteiger partial charge in [-0.25, -0.2) is 4.39 Å². The second-order valence-electron chi connectivity index (χ2n) is 4.93. The number of amides is 1. The molecule has 5 nitrogen and oxygen atoms in total. The maximum Gasteiger partial charge on any atom is 0.305 e. The van der Waals surface area contributed by atoms with Crippen molar-refractivity contribution in [3.8, 4) is 0 Å². The molecule has 1 aromatic rings. The Hall–Kier alpha value is -1.66. The van der Waals surface area contributed by atoms with Crippen LogP contribution in [0.25, 0.3) is 0 Å². The molecule has 0 bridgehead atoms. The maximum atomic E-state index is 13.8. The van der Waals surface area contributed by atoms with Gasteiger partial charge in [-0.1, -0.05) is 11.6 Å². The second-order valence-corrected chi connectivity index (χ2v) is 5.36. The van der Waals surface area contributed by atoms with E-state index in [0.29, 0.717) is 6.42 Å². The summed E-state index contributed by atoms with van der Waals surface area (Å²) < 4.78 is 19.0. The van der Waals surface area contributed by atoms with Crippen molar-refractivity contribution in [3.05, 3.63) is 34.6 Å². The van der Waals surface area contributed by atoms with Gasteiger partial charge in [0.1, 0.15) is 5.82 Å². The summed E-state index contributed by atoms with van der Waals surface area (Å²) in [7, 11) is 1.50.